The third-order valence-electron chi connectivity index (χ3n) is 1.06. The predicted molar refractivity (Wildman–Crippen MR) is 36.0 cm³/mol. The highest BCUT2D eigenvalue weighted by Gasteiger charge is 1.93. The lowest BCUT2D eigenvalue weighted by Crippen LogP contribution is -1.71. The highest BCUT2D eigenvalue weighted by atomic mass is 16.3. The summed E-state index contributed by atoms with van der Waals surface area (Å²) in [5.41, 5.74) is 1.13. The number of rotatable bonds is 1. The van der Waals surface area contributed by atoms with E-state index in [2.05, 4.69) is 5.92 Å². The molecule has 0 saturated heterocycles. The van der Waals surface area contributed by atoms with E-state index in [1.807, 2.05) is 13.0 Å². The van der Waals surface area contributed by atoms with Crippen LogP contribution in [-0.2, 0) is 6.42 Å². The smallest absolute Gasteiger partial charge is 0.115 e. The van der Waals surface area contributed by atoms with E-state index < -0.39 is 0 Å². The number of hydrogen-bond acceptors (Lipinski definition) is 1. The maximum atomic E-state index is 5.06. The SMILES string of the molecule is C#CCc1cc(C)co1. The van der Waals surface area contributed by atoms with Crippen molar-refractivity contribution in [2.75, 3.05) is 0 Å². The van der Waals surface area contributed by atoms with Crippen molar-refractivity contribution in [2.24, 2.45) is 0 Å². The molecular weight excluding hydrogens is 112 g/mol. The van der Waals surface area contributed by atoms with Crippen molar-refractivity contribution in [3.63, 3.8) is 0 Å². The second-order valence-corrected chi connectivity index (χ2v) is 1.97. The summed E-state index contributed by atoms with van der Waals surface area (Å²) >= 11 is 0. The lowest BCUT2D eigenvalue weighted by Gasteiger charge is -1.80. The molecule has 0 bridgehead atoms. The van der Waals surface area contributed by atoms with Gasteiger partial charge in [0.15, 0.2) is 0 Å². The first-order valence-corrected chi connectivity index (χ1v) is 2.80. The molecule has 46 valence electrons. The summed E-state index contributed by atoms with van der Waals surface area (Å²) in [5, 5.41) is 0. The van der Waals surface area contributed by atoms with Crippen LogP contribution < -0.4 is 0 Å². The summed E-state index contributed by atoms with van der Waals surface area (Å²) in [6.07, 6.45) is 7.35. The number of furan rings is 1. The van der Waals surface area contributed by atoms with Gasteiger partial charge in [-0.3, -0.25) is 0 Å². The van der Waals surface area contributed by atoms with Crippen LogP contribution in [0.4, 0.5) is 0 Å². The minimum atomic E-state index is 0.591. The van der Waals surface area contributed by atoms with Gasteiger partial charge in [0.25, 0.3) is 0 Å². The molecule has 0 aromatic carbocycles. The average molecular weight is 120 g/mol. The van der Waals surface area contributed by atoms with Crippen molar-refractivity contribution in [1.29, 1.82) is 0 Å². The van der Waals surface area contributed by atoms with E-state index in [1.165, 1.54) is 0 Å². The first-order chi connectivity index (χ1) is 4.33. The maximum Gasteiger partial charge on any atom is 0.115 e. The zero-order valence-corrected chi connectivity index (χ0v) is 5.35. The quantitative estimate of drug-likeness (QED) is 0.515. The van der Waals surface area contributed by atoms with E-state index in [4.69, 9.17) is 10.8 Å². The Kier molecular flexibility index (Phi) is 1.60. The van der Waals surface area contributed by atoms with E-state index in [-0.39, 0.29) is 0 Å². The van der Waals surface area contributed by atoms with Gasteiger partial charge in [-0.05, 0) is 18.6 Å². The summed E-state index contributed by atoms with van der Waals surface area (Å²) in [4.78, 5) is 0. The number of hydrogen-bond donors (Lipinski definition) is 0. The largest absolute Gasteiger partial charge is 0.468 e. The van der Waals surface area contributed by atoms with Gasteiger partial charge in [0.1, 0.15) is 5.76 Å². The Morgan fingerprint density at radius 1 is 1.78 bits per heavy atom. The van der Waals surface area contributed by atoms with Crippen molar-refractivity contribution >= 4 is 0 Å². The van der Waals surface area contributed by atoms with E-state index in [0.717, 1.165) is 11.3 Å². The van der Waals surface area contributed by atoms with Crippen molar-refractivity contribution in [3.8, 4) is 12.3 Å². The van der Waals surface area contributed by atoms with Crippen LogP contribution in [-0.4, -0.2) is 0 Å². The van der Waals surface area contributed by atoms with Crippen LogP contribution in [0.25, 0.3) is 0 Å². The normalized spacial score (nSPS) is 8.89. The first-order valence-electron chi connectivity index (χ1n) is 2.80. The van der Waals surface area contributed by atoms with Gasteiger partial charge < -0.3 is 4.42 Å². The summed E-state index contributed by atoms with van der Waals surface area (Å²) in [6.45, 7) is 1.98. The van der Waals surface area contributed by atoms with Crippen LogP contribution in [0.5, 0.6) is 0 Å². The number of aryl methyl sites for hydroxylation is 1. The molecule has 0 amide bonds. The average Bonchev–Trinajstić information content (AvgIpc) is 2.17. The highest BCUT2D eigenvalue weighted by molar-refractivity contribution is 5.14. The standard InChI is InChI=1S/C8H8O/c1-3-4-8-5-7(2)6-9-8/h1,5-6H,4H2,2H3. The minimum absolute atomic E-state index is 0.591. The van der Waals surface area contributed by atoms with Gasteiger partial charge >= 0.3 is 0 Å². The fourth-order valence-corrected chi connectivity index (χ4v) is 0.684. The van der Waals surface area contributed by atoms with Gasteiger partial charge in [-0.2, -0.15) is 0 Å². The summed E-state index contributed by atoms with van der Waals surface area (Å²) in [7, 11) is 0. The third-order valence-corrected chi connectivity index (χ3v) is 1.06. The van der Waals surface area contributed by atoms with E-state index in [0.29, 0.717) is 6.42 Å². The van der Waals surface area contributed by atoms with Gasteiger partial charge in [0.2, 0.25) is 0 Å². The molecule has 1 aromatic rings. The molecule has 1 heterocycles. The van der Waals surface area contributed by atoms with Crippen molar-refractivity contribution in [2.45, 2.75) is 13.3 Å². The molecule has 0 fully saturated rings. The van der Waals surface area contributed by atoms with Gasteiger partial charge in [-0.15, -0.1) is 6.42 Å². The predicted octanol–water partition coefficient (Wildman–Crippen LogP) is 1.76. The molecule has 0 N–H and O–H groups in total. The molecule has 0 aliphatic rings. The molecule has 1 aromatic heterocycles. The molecule has 1 heteroatoms. The Morgan fingerprint density at radius 3 is 3.00 bits per heavy atom. The summed E-state index contributed by atoms with van der Waals surface area (Å²) in [5.74, 6) is 3.37. The molecule has 0 aliphatic heterocycles. The van der Waals surface area contributed by atoms with E-state index in [1.54, 1.807) is 6.26 Å². The van der Waals surface area contributed by atoms with E-state index >= 15 is 0 Å². The topological polar surface area (TPSA) is 13.1 Å². The monoisotopic (exact) mass is 120 g/mol. The van der Waals surface area contributed by atoms with Gasteiger partial charge in [0.05, 0.1) is 12.7 Å². The van der Waals surface area contributed by atoms with Crippen LogP contribution in [0.15, 0.2) is 16.7 Å². The molecule has 0 radical (unpaired) electrons. The second kappa shape index (κ2) is 2.41. The fraction of sp³-hybridized carbons (Fsp3) is 0.250. The third kappa shape index (κ3) is 1.36. The Labute approximate surface area is 54.7 Å². The zero-order chi connectivity index (χ0) is 6.69. The molecule has 1 nitrogen and oxygen atoms in total. The Hall–Kier alpha value is -1.16. The van der Waals surface area contributed by atoms with Crippen LogP contribution in [0.2, 0.25) is 0 Å². The fourth-order valence-electron chi connectivity index (χ4n) is 0.684. The summed E-state index contributed by atoms with van der Waals surface area (Å²) < 4.78 is 5.06. The molecule has 0 saturated carbocycles. The van der Waals surface area contributed by atoms with Crippen molar-refractivity contribution in [3.05, 3.63) is 23.7 Å². The molecule has 0 spiro atoms. The number of terminal acetylenes is 1. The maximum absolute atomic E-state index is 5.06. The van der Waals surface area contributed by atoms with Crippen LogP contribution in [0.1, 0.15) is 11.3 Å². The van der Waals surface area contributed by atoms with Gasteiger partial charge in [-0.1, -0.05) is 5.92 Å². The Bertz CT molecular complexity index is 227. The van der Waals surface area contributed by atoms with Gasteiger partial charge in [-0.25, -0.2) is 0 Å². The lowest BCUT2D eigenvalue weighted by molar-refractivity contribution is 0.523. The molecular formula is C8H8O. The minimum Gasteiger partial charge on any atom is -0.468 e. The van der Waals surface area contributed by atoms with Crippen LogP contribution in [0.3, 0.4) is 0 Å². The Morgan fingerprint density at radius 2 is 2.56 bits per heavy atom. The first kappa shape index (κ1) is 5.97. The Balaban J connectivity index is 2.76. The van der Waals surface area contributed by atoms with E-state index in [9.17, 15) is 0 Å². The van der Waals surface area contributed by atoms with Crippen molar-refractivity contribution < 1.29 is 4.42 Å². The molecule has 9 heavy (non-hydrogen) atoms. The van der Waals surface area contributed by atoms with Gasteiger partial charge in [0, 0.05) is 0 Å². The van der Waals surface area contributed by atoms with Crippen LogP contribution in [0, 0.1) is 19.3 Å². The lowest BCUT2D eigenvalue weighted by atomic mass is 10.3. The molecule has 0 atom stereocenters. The second-order valence-electron chi connectivity index (χ2n) is 1.97. The van der Waals surface area contributed by atoms with Crippen molar-refractivity contribution in [1.82, 2.24) is 0 Å². The highest BCUT2D eigenvalue weighted by Crippen LogP contribution is 2.05. The molecule has 0 unspecified atom stereocenters. The zero-order valence-electron chi connectivity index (χ0n) is 5.35. The summed E-state index contributed by atoms with van der Waals surface area (Å²) in [6, 6.07) is 1.94. The van der Waals surface area contributed by atoms with Crippen LogP contribution >= 0.6 is 0 Å². The molecule has 0 aliphatic carbocycles. The molecule has 1 rings (SSSR count).